The van der Waals surface area contributed by atoms with Crippen LogP contribution in [0, 0.1) is 0 Å². The van der Waals surface area contributed by atoms with E-state index in [9.17, 15) is 0 Å². The highest BCUT2D eigenvalue weighted by atomic mass is 32.1. The van der Waals surface area contributed by atoms with E-state index in [1.54, 1.807) is 22.7 Å². The standard InChI is InChI=1S/C55H33N5S2/c1-4-16-34(17-5-1)37-22-12-24-39(32-37)49-51-50(42-26-10-11-29-44(42)62-51)57-54(56-49)40-25-13-23-38(33-40)41-27-14-30-45-47(41)48-43(28-15-31-46(48)61-45)55-59-52(35-18-6-2-7-19-35)58-53(60-55)36-20-8-3-9-21-36/h1-33H. The zero-order valence-corrected chi connectivity index (χ0v) is 34.7. The van der Waals surface area contributed by atoms with Crippen LogP contribution < -0.4 is 0 Å². The van der Waals surface area contributed by atoms with Gasteiger partial charge in [0.2, 0.25) is 0 Å². The van der Waals surface area contributed by atoms with Crippen molar-refractivity contribution in [2.45, 2.75) is 0 Å². The van der Waals surface area contributed by atoms with E-state index in [1.165, 1.54) is 25.0 Å². The molecule has 62 heavy (non-hydrogen) atoms. The molecule has 12 rings (SSSR count). The number of hydrogen-bond acceptors (Lipinski definition) is 7. The van der Waals surface area contributed by atoms with Crippen LogP contribution in [-0.4, -0.2) is 24.9 Å². The molecule has 7 heteroatoms. The summed E-state index contributed by atoms with van der Waals surface area (Å²) in [6.45, 7) is 0. The molecule has 4 heterocycles. The van der Waals surface area contributed by atoms with Gasteiger partial charge in [-0.15, -0.1) is 22.7 Å². The van der Waals surface area contributed by atoms with Crippen LogP contribution in [0.3, 0.4) is 0 Å². The maximum absolute atomic E-state index is 5.41. The Morgan fingerprint density at radius 3 is 1.48 bits per heavy atom. The lowest BCUT2D eigenvalue weighted by Crippen LogP contribution is -2.00. The largest absolute Gasteiger partial charge is 0.226 e. The zero-order valence-electron chi connectivity index (χ0n) is 33.1. The van der Waals surface area contributed by atoms with Crippen LogP contribution in [0.4, 0.5) is 0 Å². The first kappa shape index (κ1) is 36.2. The van der Waals surface area contributed by atoms with Gasteiger partial charge in [0.05, 0.1) is 15.9 Å². The summed E-state index contributed by atoms with van der Waals surface area (Å²) < 4.78 is 4.64. The summed E-state index contributed by atoms with van der Waals surface area (Å²) in [6.07, 6.45) is 0. The van der Waals surface area contributed by atoms with Crippen LogP contribution in [0.1, 0.15) is 0 Å². The molecule has 12 aromatic rings. The fourth-order valence-electron chi connectivity index (χ4n) is 8.44. The van der Waals surface area contributed by atoms with E-state index in [0.717, 1.165) is 71.2 Å². The van der Waals surface area contributed by atoms with Crippen molar-refractivity contribution in [3.8, 4) is 79.1 Å². The van der Waals surface area contributed by atoms with Crippen molar-refractivity contribution in [2.75, 3.05) is 0 Å². The van der Waals surface area contributed by atoms with Crippen molar-refractivity contribution in [1.82, 2.24) is 24.9 Å². The number of benzene rings is 8. The Labute approximate surface area is 365 Å². The quantitative estimate of drug-likeness (QED) is 0.160. The summed E-state index contributed by atoms with van der Waals surface area (Å²) in [7, 11) is 0. The first-order valence-corrected chi connectivity index (χ1v) is 22.1. The van der Waals surface area contributed by atoms with Crippen LogP contribution >= 0.6 is 22.7 Å². The maximum atomic E-state index is 5.41. The number of aromatic nitrogens is 5. The van der Waals surface area contributed by atoms with E-state index in [0.29, 0.717) is 23.3 Å². The smallest absolute Gasteiger partial charge is 0.164 e. The average Bonchev–Trinajstić information content (AvgIpc) is 3.93. The lowest BCUT2D eigenvalue weighted by molar-refractivity contribution is 1.08. The molecular weight excluding hydrogens is 795 g/mol. The predicted octanol–water partition coefficient (Wildman–Crippen LogP) is 15.1. The van der Waals surface area contributed by atoms with Gasteiger partial charge in [0.1, 0.15) is 0 Å². The second kappa shape index (κ2) is 15.1. The van der Waals surface area contributed by atoms with Crippen LogP contribution in [0.25, 0.3) is 120 Å². The number of thiophene rings is 2. The molecule has 0 N–H and O–H groups in total. The Morgan fingerprint density at radius 1 is 0.290 bits per heavy atom. The Morgan fingerprint density at radius 2 is 0.774 bits per heavy atom. The van der Waals surface area contributed by atoms with Crippen molar-refractivity contribution < 1.29 is 0 Å². The van der Waals surface area contributed by atoms with Gasteiger partial charge in [-0.2, -0.15) is 0 Å². The highest BCUT2D eigenvalue weighted by Gasteiger charge is 2.21. The Balaban J connectivity index is 1.04. The minimum atomic E-state index is 0.639. The van der Waals surface area contributed by atoms with Gasteiger partial charge >= 0.3 is 0 Å². The third-order valence-corrected chi connectivity index (χ3v) is 13.6. The molecule has 0 spiro atoms. The number of nitrogens with zero attached hydrogens (tertiary/aromatic N) is 5. The van der Waals surface area contributed by atoms with E-state index < -0.39 is 0 Å². The van der Waals surface area contributed by atoms with Crippen LogP contribution in [0.5, 0.6) is 0 Å². The van der Waals surface area contributed by atoms with Crippen molar-refractivity contribution in [3.05, 3.63) is 200 Å². The molecule has 0 aliphatic carbocycles. The van der Waals surface area contributed by atoms with Gasteiger partial charge in [-0.05, 0) is 52.6 Å². The average molecular weight is 828 g/mol. The molecule has 0 saturated heterocycles. The van der Waals surface area contributed by atoms with Crippen LogP contribution in [-0.2, 0) is 0 Å². The second-order valence-corrected chi connectivity index (χ2v) is 17.3. The molecule has 0 saturated carbocycles. The summed E-state index contributed by atoms with van der Waals surface area (Å²) in [5, 5.41) is 3.43. The molecule has 0 amide bonds. The molecule has 0 unspecified atom stereocenters. The minimum Gasteiger partial charge on any atom is -0.226 e. The van der Waals surface area contributed by atoms with E-state index in [1.807, 2.05) is 60.7 Å². The fourth-order valence-corrected chi connectivity index (χ4v) is 10.8. The molecule has 0 aliphatic heterocycles. The molecule has 4 aromatic heterocycles. The lowest BCUT2D eigenvalue weighted by Gasteiger charge is -2.12. The van der Waals surface area contributed by atoms with Crippen LogP contribution in [0.15, 0.2) is 200 Å². The molecule has 0 radical (unpaired) electrons. The van der Waals surface area contributed by atoms with Gasteiger partial charge in [-0.1, -0.05) is 170 Å². The molecule has 0 aliphatic rings. The predicted molar refractivity (Wildman–Crippen MR) is 259 cm³/mol. The van der Waals surface area contributed by atoms with Gasteiger partial charge in [-0.25, -0.2) is 24.9 Å². The summed E-state index contributed by atoms with van der Waals surface area (Å²) in [4.78, 5) is 26.0. The van der Waals surface area contributed by atoms with Crippen molar-refractivity contribution in [3.63, 3.8) is 0 Å². The van der Waals surface area contributed by atoms with Gasteiger partial charge in [0.15, 0.2) is 23.3 Å². The highest BCUT2D eigenvalue weighted by Crippen LogP contribution is 2.45. The normalized spacial score (nSPS) is 11.5. The summed E-state index contributed by atoms with van der Waals surface area (Å²) in [5.74, 6) is 2.61. The number of hydrogen-bond donors (Lipinski definition) is 0. The Bertz CT molecular complexity index is 3580. The first-order chi connectivity index (χ1) is 30.7. The number of fused-ring (bicyclic) bond motifs is 6. The van der Waals surface area contributed by atoms with E-state index in [-0.39, 0.29) is 0 Å². The maximum Gasteiger partial charge on any atom is 0.164 e. The second-order valence-electron chi connectivity index (χ2n) is 15.2. The van der Waals surface area contributed by atoms with Gasteiger partial charge in [0, 0.05) is 58.1 Å². The van der Waals surface area contributed by atoms with E-state index >= 15 is 0 Å². The first-order valence-electron chi connectivity index (χ1n) is 20.5. The highest BCUT2D eigenvalue weighted by molar-refractivity contribution is 7.26. The minimum absolute atomic E-state index is 0.639. The molecule has 5 nitrogen and oxygen atoms in total. The summed E-state index contributed by atoms with van der Waals surface area (Å²) in [6, 6.07) is 69.8. The number of rotatable bonds is 7. The molecule has 8 aromatic carbocycles. The molecule has 290 valence electrons. The van der Waals surface area contributed by atoms with Crippen molar-refractivity contribution in [2.24, 2.45) is 0 Å². The Kier molecular flexibility index (Phi) is 8.80. The van der Waals surface area contributed by atoms with Gasteiger partial charge in [-0.3, -0.25) is 0 Å². The SMILES string of the molecule is c1ccc(-c2cccc(-c3nc(-c4cccc(-c5cccc6sc7cccc(-c8nc(-c9ccccc9)nc(-c9ccccc9)n8)c7c56)c4)nc4c3sc3ccccc34)c2)cc1. The van der Waals surface area contributed by atoms with Crippen molar-refractivity contribution >= 4 is 63.1 Å². The third-order valence-electron chi connectivity index (χ3n) is 11.4. The zero-order chi connectivity index (χ0) is 41.0. The van der Waals surface area contributed by atoms with Crippen LogP contribution in [0.2, 0.25) is 0 Å². The monoisotopic (exact) mass is 827 g/mol. The Hall–Kier alpha value is -7.71. The fraction of sp³-hybridized carbons (Fsp3) is 0. The van der Waals surface area contributed by atoms with E-state index in [4.69, 9.17) is 24.9 Å². The topological polar surface area (TPSA) is 64.5 Å². The summed E-state index contributed by atoms with van der Waals surface area (Å²) >= 11 is 3.54. The molecule has 0 fully saturated rings. The molecule has 0 bridgehead atoms. The third kappa shape index (κ3) is 6.34. The molecule has 0 atom stereocenters. The summed E-state index contributed by atoms with van der Waals surface area (Å²) in [5.41, 5.74) is 11.3. The van der Waals surface area contributed by atoms with Gasteiger partial charge in [0.25, 0.3) is 0 Å². The lowest BCUT2D eigenvalue weighted by atomic mass is 9.96. The van der Waals surface area contributed by atoms with Gasteiger partial charge < -0.3 is 0 Å². The van der Waals surface area contributed by atoms with Crippen molar-refractivity contribution in [1.29, 1.82) is 0 Å². The molecular formula is C55H33N5S2. The van der Waals surface area contributed by atoms with E-state index in [2.05, 4.69) is 140 Å².